The van der Waals surface area contributed by atoms with Crippen molar-refractivity contribution < 1.29 is 22.7 Å². The quantitative estimate of drug-likeness (QED) is 0.608. The molecule has 0 aromatic heterocycles. The molecule has 0 aliphatic carbocycles. The van der Waals surface area contributed by atoms with Crippen LogP contribution in [0.1, 0.15) is 44.5 Å². The highest BCUT2D eigenvalue weighted by molar-refractivity contribution is 7.89. The minimum Gasteiger partial charge on any atom is -0.379 e. The van der Waals surface area contributed by atoms with E-state index in [9.17, 15) is 18.0 Å². The van der Waals surface area contributed by atoms with E-state index in [2.05, 4.69) is 24.5 Å². The molecular formula is C21H33N3O5S. The van der Waals surface area contributed by atoms with Crippen LogP contribution < -0.4 is 10.6 Å². The number of morpholine rings is 1. The number of benzene rings is 1. The van der Waals surface area contributed by atoms with Crippen molar-refractivity contribution in [3.05, 3.63) is 29.8 Å². The molecule has 1 atom stereocenters. The second-order valence-corrected chi connectivity index (χ2v) is 10.2. The second kappa shape index (κ2) is 10.9. The topological polar surface area (TPSA) is 105 Å². The van der Waals surface area contributed by atoms with E-state index < -0.39 is 22.0 Å². The molecule has 0 saturated carbocycles. The Kier molecular flexibility index (Phi) is 8.81. The van der Waals surface area contributed by atoms with Crippen LogP contribution in [0.15, 0.2) is 29.2 Å². The van der Waals surface area contributed by atoms with Gasteiger partial charge >= 0.3 is 0 Å². The fourth-order valence-corrected chi connectivity index (χ4v) is 4.54. The molecule has 9 heteroatoms. The highest BCUT2D eigenvalue weighted by Gasteiger charge is 2.28. The molecule has 1 aliphatic heterocycles. The smallest absolute Gasteiger partial charge is 0.251 e. The lowest BCUT2D eigenvalue weighted by atomic mass is 10.0. The molecule has 2 amide bonds. The Bertz CT molecular complexity index is 833. The van der Waals surface area contributed by atoms with Gasteiger partial charge in [0.15, 0.2) is 0 Å². The van der Waals surface area contributed by atoms with E-state index in [1.54, 1.807) is 6.07 Å². The Hall–Kier alpha value is -1.97. The number of rotatable bonds is 9. The van der Waals surface area contributed by atoms with Crippen molar-refractivity contribution in [1.29, 1.82) is 0 Å². The third-order valence-corrected chi connectivity index (χ3v) is 6.86. The summed E-state index contributed by atoms with van der Waals surface area (Å²) in [5.74, 6) is -0.371. The third-order valence-electron chi connectivity index (χ3n) is 4.96. The zero-order chi connectivity index (χ0) is 22.3. The summed E-state index contributed by atoms with van der Waals surface area (Å²) in [7, 11) is -3.71. The lowest BCUT2D eigenvalue weighted by molar-refractivity contribution is -0.123. The van der Waals surface area contributed by atoms with Gasteiger partial charge in [0, 0.05) is 25.2 Å². The van der Waals surface area contributed by atoms with Crippen LogP contribution in [0.5, 0.6) is 0 Å². The van der Waals surface area contributed by atoms with Crippen LogP contribution in [0.2, 0.25) is 0 Å². The zero-order valence-corrected chi connectivity index (χ0v) is 19.0. The first-order chi connectivity index (χ1) is 14.1. The van der Waals surface area contributed by atoms with Crippen LogP contribution in [0.25, 0.3) is 0 Å². The van der Waals surface area contributed by atoms with Gasteiger partial charge in [0.25, 0.3) is 5.91 Å². The van der Waals surface area contributed by atoms with Crippen molar-refractivity contribution in [1.82, 2.24) is 14.9 Å². The maximum atomic E-state index is 12.8. The summed E-state index contributed by atoms with van der Waals surface area (Å²) < 4.78 is 32.3. The van der Waals surface area contributed by atoms with E-state index >= 15 is 0 Å². The minimum absolute atomic E-state index is 0.0551. The van der Waals surface area contributed by atoms with Crippen LogP contribution in [-0.4, -0.2) is 63.4 Å². The van der Waals surface area contributed by atoms with Crippen molar-refractivity contribution in [2.45, 2.75) is 45.1 Å². The Labute approximate surface area is 179 Å². The molecule has 1 aliphatic rings. The normalized spacial score (nSPS) is 16.5. The van der Waals surface area contributed by atoms with Gasteiger partial charge in [-0.1, -0.05) is 33.8 Å². The predicted molar refractivity (Wildman–Crippen MR) is 115 cm³/mol. The molecule has 1 saturated heterocycles. The summed E-state index contributed by atoms with van der Waals surface area (Å²) in [4.78, 5) is 25.4. The van der Waals surface area contributed by atoms with Gasteiger partial charge in [-0.2, -0.15) is 4.31 Å². The minimum atomic E-state index is -3.71. The number of carbonyl (C=O) groups excluding carboxylic acids is 2. The number of amides is 2. The summed E-state index contributed by atoms with van der Waals surface area (Å²) in [5.41, 5.74) is 0.199. The third kappa shape index (κ3) is 6.52. The molecule has 0 bridgehead atoms. The van der Waals surface area contributed by atoms with E-state index in [4.69, 9.17) is 4.74 Å². The first-order valence-corrected chi connectivity index (χ1v) is 11.8. The predicted octanol–water partition coefficient (Wildman–Crippen LogP) is 1.62. The standard InChI is InChI=1S/C21H33N3O5S/c1-15(2)8-9-22-21(26)19(16(3)4)23-20(25)17-6-5-7-18(14-17)30(27,28)24-10-12-29-13-11-24/h5-7,14-16,19H,8-13H2,1-4H3,(H,22,26)(H,23,25)/t19-/m0/s1. The Morgan fingerprint density at radius 1 is 1.13 bits per heavy atom. The number of hydrogen-bond acceptors (Lipinski definition) is 5. The number of nitrogens with zero attached hydrogens (tertiary/aromatic N) is 1. The van der Waals surface area contributed by atoms with E-state index in [0.717, 1.165) is 6.42 Å². The lowest BCUT2D eigenvalue weighted by Crippen LogP contribution is -2.50. The number of carbonyl (C=O) groups is 2. The maximum absolute atomic E-state index is 12.8. The molecule has 2 rings (SSSR count). The molecule has 168 valence electrons. The molecule has 1 aromatic rings. The Balaban J connectivity index is 2.11. The zero-order valence-electron chi connectivity index (χ0n) is 18.2. The van der Waals surface area contributed by atoms with Crippen molar-refractivity contribution in [3.8, 4) is 0 Å². The maximum Gasteiger partial charge on any atom is 0.251 e. The first kappa shape index (κ1) is 24.3. The van der Waals surface area contributed by atoms with Gasteiger partial charge in [0.05, 0.1) is 18.1 Å². The molecular weight excluding hydrogens is 406 g/mol. The summed E-state index contributed by atoms with van der Waals surface area (Å²) in [6.07, 6.45) is 0.853. The summed E-state index contributed by atoms with van der Waals surface area (Å²) in [6, 6.07) is 5.20. The van der Waals surface area contributed by atoms with Crippen molar-refractivity contribution in [3.63, 3.8) is 0 Å². The second-order valence-electron chi connectivity index (χ2n) is 8.21. The van der Waals surface area contributed by atoms with Crippen molar-refractivity contribution >= 4 is 21.8 Å². The van der Waals surface area contributed by atoms with E-state index in [0.29, 0.717) is 25.7 Å². The van der Waals surface area contributed by atoms with Crippen LogP contribution in [-0.2, 0) is 19.6 Å². The van der Waals surface area contributed by atoms with Crippen LogP contribution in [0, 0.1) is 11.8 Å². The molecule has 0 radical (unpaired) electrons. The van der Waals surface area contributed by atoms with Gasteiger partial charge in [0.2, 0.25) is 15.9 Å². The van der Waals surface area contributed by atoms with Gasteiger partial charge in [-0.3, -0.25) is 9.59 Å². The summed E-state index contributed by atoms with van der Waals surface area (Å²) in [6.45, 7) is 9.66. The van der Waals surface area contributed by atoms with E-state index in [-0.39, 0.29) is 35.4 Å². The van der Waals surface area contributed by atoms with Crippen LogP contribution >= 0.6 is 0 Å². The van der Waals surface area contributed by atoms with Gasteiger partial charge in [0.1, 0.15) is 6.04 Å². The number of sulfonamides is 1. The molecule has 0 spiro atoms. The average Bonchev–Trinajstić information content (AvgIpc) is 2.72. The Morgan fingerprint density at radius 2 is 1.80 bits per heavy atom. The molecule has 8 nitrogen and oxygen atoms in total. The highest BCUT2D eigenvalue weighted by atomic mass is 32.2. The molecule has 2 N–H and O–H groups in total. The summed E-state index contributed by atoms with van der Waals surface area (Å²) >= 11 is 0. The molecule has 1 aromatic carbocycles. The molecule has 1 heterocycles. The van der Waals surface area contributed by atoms with Gasteiger partial charge in [-0.15, -0.1) is 0 Å². The SMILES string of the molecule is CC(C)CCNC(=O)[C@@H](NC(=O)c1cccc(S(=O)(=O)N2CCOCC2)c1)C(C)C. The number of hydrogen-bond donors (Lipinski definition) is 2. The van der Waals surface area contributed by atoms with Crippen LogP contribution in [0.4, 0.5) is 0 Å². The van der Waals surface area contributed by atoms with Crippen LogP contribution in [0.3, 0.4) is 0 Å². The largest absolute Gasteiger partial charge is 0.379 e. The molecule has 1 fully saturated rings. The van der Waals surface area contributed by atoms with E-state index in [1.807, 2.05) is 13.8 Å². The number of nitrogens with one attached hydrogen (secondary N) is 2. The van der Waals surface area contributed by atoms with E-state index in [1.165, 1.54) is 22.5 Å². The monoisotopic (exact) mass is 439 g/mol. The fraction of sp³-hybridized carbons (Fsp3) is 0.619. The van der Waals surface area contributed by atoms with Crippen molar-refractivity contribution in [2.24, 2.45) is 11.8 Å². The number of ether oxygens (including phenoxy) is 1. The average molecular weight is 440 g/mol. The fourth-order valence-electron chi connectivity index (χ4n) is 3.09. The molecule has 0 unspecified atom stereocenters. The van der Waals surface area contributed by atoms with Gasteiger partial charge in [-0.05, 0) is 36.5 Å². The lowest BCUT2D eigenvalue weighted by Gasteiger charge is -2.26. The first-order valence-electron chi connectivity index (χ1n) is 10.4. The molecule has 30 heavy (non-hydrogen) atoms. The highest BCUT2D eigenvalue weighted by Crippen LogP contribution is 2.18. The summed E-state index contributed by atoms with van der Waals surface area (Å²) in [5, 5.41) is 5.61. The Morgan fingerprint density at radius 3 is 2.40 bits per heavy atom. The van der Waals surface area contributed by atoms with Gasteiger partial charge in [-0.25, -0.2) is 8.42 Å². The van der Waals surface area contributed by atoms with Gasteiger partial charge < -0.3 is 15.4 Å². The van der Waals surface area contributed by atoms with Crippen molar-refractivity contribution in [2.75, 3.05) is 32.8 Å².